The predicted molar refractivity (Wildman–Crippen MR) is 40.0 cm³/mol. The second kappa shape index (κ2) is 3.41. The van der Waals surface area contributed by atoms with E-state index in [2.05, 4.69) is 9.97 Å². The van der Waals surface area contributed by atoms with E-state index in [4.69, 9.17) is 5.21 Å². The minimum atomic E-state index is 0.416. The van der Waals surface area contributed by atoms with Crippen LogP contribution in [0, 0.1) is 6.92 Å². The molecule has 0 aromatic carbocycles. The highest BCUT2D eigenvalue weighted by atomic mass is 16.5. The molecule has 0 amide bonds. The summed E-state index contributed by atoms with van der Waals surface area (Å²) in [6.07, 6.45) is 3.25. The number of hydroxylamine groups is 2. The molecule has 0 atom stereocenters. The van der Waals surface area contributed by atoms with Crippen molar-refractivity contribution in [3.63, 3.8) is 0 Å². The molecule has 60 valence electrons. The van der Waals surface area contributed by atoms with Crippen LogP contribution in [0.3, 0.4) is 0 Å². The van der Waals surface area contributed by atoms with E-state index in [1.165, 1.54) is 0 Å². The lowest BCUT2D eigenvalue weighted by molar-refractivity contribution is -0.0743. The molecular weight excluding hydrogens is 142 g/mol. The molecule has 0 bridgehead atoms. The Balaban J connectivity index is 2.78. The maximum absolute atomic E-state index is 8.90. The normalized spacial score (nSPS) is 10.5. The van der Waals surface area contributed by atoms with Crippen LogP contribution in [0.4, 0.5) is 0 Å². The Morgan fingerprint density at radius 1 is 1.45 bits per heavy atom. The maximum atomic E-state index is 8.90. The van der Waals surface area contributed by atoms with Crippen molar-refractivity contribution in [1.29, 1.82) is 0 Å². The Morgan fingerprint density at radius 2 is 2.09 bits per heavy atom. The average molecular weight is 153 g/mol. The number of nitrogens with zero attached hydrogens (tertiary/aromatic N) is 3. The lowest BCUT2D eigenvalue weighted by Gasteiger charge is -2.07. The van der Waals surface area contributed by atoms with Crippen LogP contribution < -0.4 is 0 Å². The first-order valence-corrected chi connectivity index (χ1v) is 3.36. The summed E-state index contributed by atoms with van der Waals surface area (Å²) < 4.78 is 0. The van der Waals surface area contributed by atoms with Crippen molar-refractivity contribution in [1.82, 2.24) is 15.0 Å². The Hall–Kier alpha value is -1.00. The number of aromatic nitrogens is 2. The van der Waals surface area contributed by atoms with Crippen LogP contribution in [0.1, 0.15) is 11.4 Å². The molecule has 0 saturated carbocycles. The zero-order valence-corrected chi connectivity index (χ0v) is 6.65. The molecule has 0 saturated heterocycles. The maximum Gasteiger partial charge on any atom is 0.0780 e. The molecule has 1 aromatic rings. The Labute approximate surface area is 65.5 Å². The minimum absolute atomic E-state index is 0.416. The number of aryl methyl sites for hydroxylation is 1. The average Bonchev–Trinajstić information content (AvgIpc) is 1.93. The second-order valence-corrected chi connectivity index (χ2v) is 2.40. The van der Waals surface area contributed by atoms with Crippen molar-refractivity contribution in [2.45, 2.75) is 13.5 Å². The van der Waals surface area contributed by atoms with E-state index in [-0.39, 0.29) is 0 Å². The third kappa shape index (κ3) is 2.25. The number of hydrogen-bond acceptors (Lipinski definition) is 4. The third-order valence-corrected chi connectivity index (χ3v) is 1.36. The monoisotopic (exact) mass is 153 g/mol. The molecule has 0 aliphatic rings. The fourth-order valence-electron chi connectivity index (χ4n) is 0.808. The molecule has 0 unspecified atom stereocenters. The highest BCUT2D eigenvalue weighted by Gasteiger charge is 2.00. The van der Waals surface area contributed by atoms with Gasteiger partial charge in [0.25, 0.3) is 0 Å². The van der Waals surface area contributed by atoms with Crippen LogP contribution in [-0.4, -0.2) is 27.3 Å². The molecule has 0 radical (unpaired) electrons. The minimum Gasteiger partial charge on any atom is -0.314 e. The molecule has 0 aliphatic carbocycles. The summed E-state index contributed by atoms with van der Waals surface area (Å²) in [6, 6.07) is 0. The van der Waals surface area contributed by atoms with Crippen molar-refractivity contribution >= 4 is 0 Å². The first kappa shape index (κ1) is 8.10. The molecular formula is C7H11N3O. The van der Waals surface area contributed by atoms with Gasteiger partial charge in [0.15, 0.2) is 0 Å². The Morgan fingerprint density at radius 3 is 2.64 bits per heavy atom. The van der Waals surface area contributed by atoms with Gasteiger partial charge in [0.05, 0.1) is 17.9 Å². The number of rotatable bonds is 2. The largest absolute Gasteiger partial charge is 0.314 e. The summed E-state index contributed by atoms with van der Waals surface area (Å²) in [6.45, 7) is 2.28. The summed E-state index contributed by atoms with van der Waals surface area (Å²) in [5, 5.41) is 9.98. The molecule has 0 aliphatic heterocycles. The topological polar surface area (TPSA) is 49.2 Å². The van der Waals surface area contributed by atoms with Gasteiger partial charge < -0.3 is 5.21 Å². The summed E-state index contributed by atoms with van der Waals surface area (Å²) in [5.41, 5.74) is 1.66. The van der Waals surface area contributed by atoms with Gasteiger partial charge in [-0.25, -0.2) is 0 Å². The lowest BCUT2D eigenvalue weighted by Crippen LogP contribution is -2.14. The zero-order chi connectivity index (χ0) is 8.27. The van der Waals surface area contributed by atoms with E-state index in [9.17, 15) is 0 Å². The van der Waals surface area contributed by atoms with Gasteiger partial charge in [-0.1, -0.05) is 0 Å². The van der Waals surface area contributed by atoms with Gasteiger partial charge in [-0.05, 0) is 6.92 Å². The van der Waals surface area contributed by atoms with E-state index in [0.717, 1.165) is 16.5 Å². The first-order chi connectivity index (χ1) is 5.20. The predicted octanol–water partition coefficient (Wildman–Crippen LogP) is 0.606. The highest BCUT2D eigenvalue weighted by Crippen LogP contribution is 2.00. The van der Waals surface area contributed by atoms with Crippen molar-refractivity contribution in [3.8, 4) is 0 Å². The van der Waals surface area contributed by atoms with Crippen molar-refractivity contribution in [3.05, 3.63) is 23.8 Å². The van der Waals surface area contributed by atoms with Crippen LogP contribution in [0.15, 0.2) is 12.4 Å². The summed E-state index contributed by atoms with van der Waals surface area (Å²) >= 11 is 0. The summed E-state index contributed by atoms with van der Waals surface area (Å²) in [5.74, 6) is 0. The molecule has 4 heteroatoms. The fourth-order valence-corrected chi connectivity index (χ4v) is 0.808. The summed E-state index contributed by atoms with van der Waals surface area (Å²) in [7, 11) is 1.58. The molecule has 0 spiro atoms. The SMILES string of the molecule is Cc1nccnc1CN(C)O. The lowest BCUT2D eigenvalue weighted by atomic mass is 10.3. The van der Waals surface area contributed by atoms with E-state index < -0.39 is 0 Å². The Bertz CT molecular complexity index is 237. The van der Waals surface area contributed by atoms with Gasteiger partial charge in [-0.15, -0.1) is 0 Å². The van der Waals surface area contributed by atoms with E-state index >= 15 is 0 Å². The van der Waals surface area contributed by atoms with Crippen molar-refractivity contribution in [2.75, 3.05) is 7.05 Å². The van der Waals surface area contributed by atoms with Gasteiger partial charge in [0, 0.05) is 19.4 Å². The van der Waals surface area contributed by atoms with Crippen LogP contribution in [-0.2, 0) is 6.54 Å². The van der Waals surface area contributed by atoms with E-state index in [1.807, 2.05) is 6.92 Å². The van der Waals surface area contributed by atoms with Crippen LogP contribution in [0.5, 0.6) is 0 Å². The Kier molecular flexibility index (Phi) is 2.51. The van der Waals surface area contributed by atoms with Crippen LogP contribution >= 0.6 is 0 Å². The van der Waals surface area contributed by atoms with Gasteiger partial charge in [0.2, 0.25) is 0 Å². The van der Waals surface area contributed by atoms with Gasteiger partial charge in [-0.2, -0.15) is 5.06 Å². The quantitative estimate of drug-likeness (QED) is 0.632. The molecule has 1 heterocycles. The zero-order valence-electron chi connectivity index (χ0n) is 6.65. The molecule has 4 nitrogen and oxygen atoms in total. The number of hydrogen-bond donors (Lipinski definition) is 1. The van der Waals surface area contributed by atoms with Crippen molar-refractivity contribution in [2.24, 2.45) is 0 Å². The van der Waals surface area contributed by atoms with Crippen LogP contribution in [0.25, 0.3) is 0 Å². The molecule has 1 rings (SSSR count). The first-order valence-electron chi connectivity index (χ1n) is 3.36. The smallest absolute Gasteiger partial charge is 0.0780 e. The standard InChI is InChI=1S/C7H11N3O/c1-6-7(5-10(2)11)9-4-3-8-6/h3-4,11H,5H2,1-2H3. The molecule has 11 heavy (non-hydrogen) atoms. The van der Waals surface area contributed by atoms with Gasteiger partial charge in [0.1, 0.15) is 0 Å². The van der Waals surface area contributed by atoms with E-state index in [0.29, 0.717) is 6.54 Å². The summed E-state index contributed by atoms with van der Waals surface area (Å²) in [4.78, 5) is 8.09. The van der Waals surface area contributed by atoms with Crippen LogP contribution in [0.2, 0.25) is 0 Å². The second-order valence-electron chi connectivity index (χ2n) is 2.40. The molecule has 1 aromatic heterocycles. The van der Waals surface area contributed by atoms with Gasteiger partial charge >= 0.3 is 0 Å². The van der Waals surface area contributed by atoms with E-state index in [1.54, 1.807) is 19.4 Å². The highest BCUT2D eigenvalue weighted by molar-refractivity contribution is 5.07. The fraction of sp³-hybridized carbons (Fsp3) is 0.429. The molecule has 1 N–H and O–H groups in total. The van der Waals surface area contributed by atoms with Crippen molar-refractivity contribution < 1.29 is 5.21 Å². The molecule has 0 fully saturated rings. The third-order valence-electron chi connectivity index (χ3n) is 1.36. The van der Waals surface area contributed by atoms with Gasteiger partial charge in [-0.3, -0.25) is 9.97 Å².